The minimum absolute atomic E-state index is 0.0323. The van der Waals surface area contributed by atoms with E-state index < -0.39 is 46.5 Å². The van der Waals surface area contributed by atoms with Crippen LogP contribution >= 0.6 is 0 Å². The average Bonchev–Trinajstić information content (AvgIpc) is 3.90. The van der Waals surface area contributed by atoms with Crippen LogP contribution in [0.25, 0.3) is 32.9 Å². The van der Waals surface area contributed by atoms with Crippen molar-refractivity contribution in [3.63, 3.8) is 0 Å². The summed E-state index contributed by atoms with van der Waals surface area (Å²) in [5.41, 5.74) is -0.995. The van der Waals surface area contributed by atoms with Crippen LogP contribution in [-0.4, -0.2) is 91.8 Å². The number of terminal acetylenes is 1. The minimum Gasteiger partial charge on any atom is -0.453 e. The monoisotopic (exact) mass is 879 g/mol. The predicted octanol–water partition coefficient (Wildman–Crippen LogP) is 7.21. The second-order valence-electron chi connectivity index (χ2n) is 16.7. The van der Waals surface area contributed by atoms with Gasteiger partial charge in [0.05, 0.1) is 22.4 Å². The van der Waals surface area contributed by atoms with Crippen molar-refractivity contribution >= 4 is 55.2 Å². The van der Waals surface area contributed by atoms with Gasteiger partial charge in [-0.25, -0.2) is 22.9 Å². The van der Waals surface area contributed by atoms with Gasteiger partial charge in [-0.3, -0.25) is 14.7 Å². The van der Waals surface area contributed by atoms with E-state index in [9.17, 15) is 26.8 Å². The maximum absolute atomic E-state index is 17.2. The van der Waals surface area contributed by atoms with Gasteiger partial charge in [-0.05, 0) is 94.3 Å². The van der Waals surface area contributed by atoms with Crippen molar-refractivity contribution in [2.45, 2.75) is 81.4 Å². The Kier molecular flexibility index (Phi) is 10.4. The molecule has 3 aliphatic rings. The lowest BCUT2D eigenvalue weighted by atomic mass is 9.94. The molecule has 5 heterocycles. The SMILES string of the molecule is C#Cc1cccc2cc(C(F)F)cc(-c3ncc4c(N5C[C@H]6CC[C@@H](C5)N6C(=O)OC(C)(C)C)nc(OCC(=O)Nc5ccc(S(=O)(=O)n6cnc(C7CC7)n6)cc5)nc4c3F)c12. The fraction of sp³-hybridized carbons (Fsp3) is 0.341. The molecule has 2 amide bonds. The number of pyridine rings is 1. The molecule has 3 aromatic carbocycles. The summed E-state index contributed by atoms with van der Waals surface area (Å²) in [6, 6.07) is 11.8. The molecule has 19 heteroatoms. The molecule has 0 radical (unpaired) electrons. The lowest BCUT2D eigenvalue weighted by Crippen LogP contribution is -2.57. The van der Waals surface area contributed by atoms with Crippen molar-refractivity contribution in [2.24, 2.45) is 0 Å². The Hall–Kier alpha value is -6.81. The highest BCUT2D eigenvalue weighted by atomic mass is 32.2. The van der Waals surface area contributed by atoms with Gasteiger partial charge in [0.1, 0.15) is 29.0 Å². The van der Waals surface area contributed by atoms with Gasteiger partial charge in [0.2, 0.25) is 0 Å². The molecule has 0 unspecified atom stereocenters. The number of halogens is 3. The van der Waals surface area contributed by atoms with Gasteiger partial charge >= 0.3 is 12.1 Å². The first-order chi connectivity index (χ1) is 30.1. The zero-order chi connectivity index (χ0) is 44.4. The van der Waals surface area contributed by atoms with Crippen molar-refractivity contribution in [3.05, 3.63) is 89.9 Å². The van der Waals surface area contributed by atoms with Crippen LogP contribution in [0.3, 0.4) is 0 Å². The number of nitrogens with one attached hydrogen (secondary N) is 1. The molecule has 1 saturated carbocycles. The van der Waals surface area contributed by atoms with Crippen LogP contribution in [-0.2, 0) is 19.6 Å². The van der Waals surface area contributed by atoms with Gasteiger partial charge in [-0.1, -0.05) is 18.1 Å². The summed E-state index contributed by atoms with van der Waals surface area (Å²) in [7, 11) is -4.03. The topological polar surface area (TPSA) is 175 Å². The van der Waals surface area contributed by atoms with Crippen LogP contribution in [0.5, 0.6) is 6.01 Å². The number of benzene rings is 3. The molecule has 2 atom stereocenters. The second kappa shape index (κ2) is 15.8. The molecule has 0 spiro atoms. The maximum Gasteiger partial charge on any atom is 0.410 e. The van der Waals surface area contributed by atoms with Crippen molar-refractivity contribution in [1.82, 2.24) is 34.0 Å². The number of carbonyl (C=O) groups excluding carboxylic acids is 2. The van der Waals surface area contributed by atoms with Gasteiger partial charge in [-0.2, -0.15) is 18.4 Å². The van der Waals surface area contributed by atoms with Gasteiger partial charge in [0.15, 0.2) is 18.2 Å². The molecule has 1 N–H and O–H groups in total. The first kappa shape index (κ1) is 41.5. The molecule has 1 aliphatic carbocycles. The molecular weight excluding hydrogens is 840 g/mol. The van der Waals surface area contributed by atoms with Crippen LogP contribution in [0.4, 0.5) is 29.5 Å². The smallest absolute Gasteiger partial charge is 0.410 e. The third-order valence-electron chi connectivity index (χ3n) is 11.1. The normalized spacial score (nSPS) is 17.6. The van der Waals surface area contributed by atoms with E-state index in [4.69, 9.17) is 15.9 Å². The summed E-state index contributed by atoms with van der Waals surface area (Å²) in [6.45, 7) is 5.33. The Morgan fingerprint density at radius 2 is 1.73 bits per heavy atom. The highest BCUT2D eigenvalue weighted by molar-refractivity contribution is 7.89. The highest BCUT2D eigenvalue weighted by Gasteiger charge is 2.45. The van der Waals surface area contributed by atoms with Crippen LogP contribution in [0, 0.1) is 18.2 Å². The predicted molar refractivity (Wildman–Crippen MR) is 225 cm³/mol. The number of anilines is 2. The Morgan fingerprint density at radius 3 is 2.40 bits per heavy atom. The van der Waals surface area contributed by atoms with E-state index in [1.54, 1.807) is 43.9 Å². The van der Waals surface area contributed by atoms with E-state index in [1.165, 1.54) is 36.5 Å². The van der Waals surface area contributed by atoms with E-state index in [0.717, 1.165) is 29.3 Å². The lowest BCUT2D eigenvalue weighted by Gasteiger charge is -2.42. The Balaban J connectivity index is 1.03. The second-order valence-corrected chi connectivity index (χ2v) is 18.5. The highest BCUT2D eigenvalue weighted by Crippen LogP contribution is 2.41. The molecule has 2 aliphatic heterocycles. The quantitative estimate of drug-likeness (QED) is 0.137. The Morgan fingerprint density at radius 1 is 1.00 bits per heavy atom. The summed E-state index contributed by atoms with van der Waals surface area (Å²) in [5, 5.41) is 7.65. The Labute approximate surface area is 359 Å². The molecule has 9 rings (SSSR count). The molecule has 3 fully saturated rings. The van der Waals surface area contributed by atoms with Crippen LogP contribution < -0.4 is 15.0 Å². The number of fused-ring (bicyclic) bond motifs is 4. The minimum atomic E-state index is -4.03. The zero-order valence-electron chi connectivity index (χ0n) is 34.3. The molecule has 2 bridgehead atoms. The lowest BCUT2D eigenvalue weighted by molar-refractivity contribution is -0.118. The first-order valence-electron chi connectivity index (χ1n) is 20.2. The molecule has 324 valence electrons. The number of ether oxygens (including phenoxy) is 2. The number of alkyl halides is 2. The molecule has 15 nitrogen and oxygen atoms in total. The fourth-order valence-electron chi connectivity index (χ4n) is 8.14. The van der Waals surface area contributed by atoms with Gasteiger partial charge in [0.25, 0.3) is 22.4 Å². The van der Waals surface area contributed by atoms with Crippen LogP contribution in [0.15, 0.2) is 72.0 Å². The number of hydrogen-bond donors (Lipinski definition) is 1. The van der Waals surface area contributed by atoms with E-state index >= 15 is 4.39 Å². The number of rotatable bonds is 10. The summed E-state index contributed by atoms with van der Waals surface area (Å²) >= 11 is 0. The number of aromatic nitrogens is 6. The summed E-state index contributed by atoms with van der Waals surface area (Å²) in [4.78, 5) is 47.7. The van der Waals surface area contributed by atoms with Gasteiger partial charge in [0, 0.05) is 53.0 Å². The number of carbonyl (C=O) groups is 2. The van der Waals surface area contributed by atoms with E-state index in [1.807, 2.05) is 4.90 Å². The van der Waals surface area contributed by atoms with Crippen molar-refractivity contribution in [3.8, 4) is 29.6 Å². The van der Waals surface area contributed by atoms with Crippen molar-refractivity contribution < 1.29 is 40.7 Å². The molecular formula is C44H40F3N9O6S. The number of piperazine rings is 1. The van der Waals surface area contributed by atoms with E-state index in [2.05, 4.69) is 36.3 Å². The molecule has 63 heavy (non-hydrogen) atoms. The largest absolute Gasteiger partial charge is 0.453 e. The standard InChI is InChI=1S/C44H40F3N9O6S/c1-5-24-7-6-8-26-17-27(39(46)47)18-32(35(24)26)37-36(45)38-33(19-48-37)41(54-20-29-13-14-30(21-54)56(29)43(58)62-44(2,3)4)52-42(51-38)61-22-34(57)50-28-11-15-31(16-12-28)63(59,60)55-23-49-40(53-55)25-9-10-25/h1,6-8,11-12,15-19,23,25,29-30,39H,9-10,13-14,20-22H2,2-4H3,(H,50,57)/t29-,30+. The van der Waals surface area contributed by atoms with Gasteiger partial charge < -0.3 is 19.7 Å². The summed E-state index contributed by atoms with van der Waals surface area (Å²) in [6.07, 6.45) is 8.20. The summed E-state index contributed by atoms with van der Waals surface area (Å²) < 4.78 is 84.2. The van der Waals surface area contributed by atoms with Crippen molar-refractivity contribution in [1.29, 1.82) is 0 Å². The molecule has 6 aromatic rings. The van der Waals surface area contributed by atoms with E-state index in [0.29, 0.717) is 48.1 Å². The maximum atomic E-state index is 17.2. The third kappa shape index (κ3) is 8.06. The third-order valence-corrected chi connectivity index (χ3v) is 12.7. The molecule has 2 saturated heterocycles. The van der Waals surface area contributed by atoms with E-state index in [-0.39, 0.29) is 68.1 Å². The average molecular weight is 880 g/mol. The van der Waals surface area contributed by atoms with Gasteiger partial charge in [-0.15, -0.1) is 15.6 Å². The molecule has 3 aromatic heterocycles. The van der Waals surface area contributed by atoms with Crippen LogP contribution in [0.1, 0.15) is 75.7 Å². The first-order valence-corrected chi connectivity index (χ1v) is 21.7. The fourth-order valence-corrected chi connectivity index (χ4v) is 9.20. The van der Waals surface area contributed by atoms with Crippen LogP contribution in [0.2, 0.25) is 0 Å². The number of nitrogens with zero attached hydrogens (tertiary/aromatic N) is 8. The summed E-state index contributed by atoms with van der Waals surface area (Å²) in [5.74, 6) is 1.78. The zero-order valence-corrected chi connectivity index (χ0v) is 35.1. The van der Waals surface area contributed by atoms with Crippen molar-refractivity contribution in [2.75, 3.05) is 29.9 Å². The Bertz CT molecular complexity index is 2950. The number of hydrogen-bond acceptors (Lipinski definition) is 12. The number of amides is 2.